The average Bonchev–Trinajstić information content (AvgIpc) is 2.49. The fourth-order valence-corrected chi connectivity index (χ4v) is 3.33. The van der Waals surface area contributed by atoms with Crippen LogP contribution in [0.25, 0.3) is 0 Å². The van der Waals surface area contributed by atoms with Gasteiger partial charge in [0.25, 0.3) is 0 Å². The third kappa shape index (κ3) is 4.74. The summed E-state index contributed by atoms with van der Waals surface area (Å²) in [6.07, 6.45) is 6.01. The Bertz CT molecular complexity index is 425. The first-order valence-corrected chi connectivity index (χ1v) is 8.52. The Kier molecular flexibility index (Phi) is 6.29. The van der Waals surface area contributed by atoms with Gasteiger partial charge < -0.3 is 5.32 Å². The van der Waals surface area contributed by atoms with Crippen molar-refractivity contribution in [1.82, 2.24) is 8.85 Å². The van der Waals surface area contributed by atoms with E-state index in [4.69, 9.17) is 0 Å². The van der Waals surface area contributed by atoms with Crippen molar-refractivity contribution >= 4 is 28.8 Å². The van der Waals surface area contributed by atoms with Crippen molar-refractivity contribution in [2.75, 3.05) is 0 Å². The number of carbonyl (C=O) groups is 1. The molecule has 0 unspecified atom stereocenters. The number of hydrogen-bond donors (Lipinski definition) is 2. The summed E-state index contributed by atoms with van der Waals surface area (Å²) in [7, 11) is 0. The van der Waals surface area contributed by atoms with Crippen molar-refractivity contribution in [3.8, 4) is 0 Å². The van der Waals surface area contributed by atoms with E-state index in [0.717, 1.165) is 37.7 Å². The van der Waals surface area contributed by atoms with Crippen LogP contribution in [-0.2, 0) is 17.6 Å². The van der Waals surface area contributed by atoms with Gasteiger partial charge in [0.15, 0.2) is 0 Å². The number of nitrogens with one attached hydrogen (secondary N) is 2. The molecule has 1 aliphatic carbocycles. The van der Waals surface area contributed by atoms with Crippen LogP contribution in [0.15, 0.2) is 24.3 Å². The van der Waals surface area contributed by atoms with Crippen molar-refractivity contribution in [3.05, 3.63) is 35.4 Å². The van der Waals surface area contributed by atoms with Crippen LogP contribution >= 0.6 is 22.9 Å². The highest BCUT2D eigenvalue weighted by atomic mass is 127. The average molecular weight is 386 g/mol. The van der Waals surface area contributed by atoms with E-state index in [9.17, 15) is 4.79 Å². The van der Waals surface area contributed by atoms with Gasteiger partial charge in [0, 0.05) is 34.9 Å². The predicted molar refractivity (Wildman–Crippen MR) is 90.9 cm³/mol. The number of rotatable bonds is 5. The number of amides is 1. The molecule has 0 aromatic heterocycles. The first-order valence-electron chi connectivity index (χ1n) is 7.44. The standard InChI is InChI=1S/C16H23IN2O/c1-2-12-3-5-13(6-4-12)11-16(20)18-14-7-9-15(19-17)10-8-14/h3-6,14-15,19H,2,7-11H2,1H3,(H,18,20). The topological polar surface area (TPSA) is 41.1 Å². The molecule has 20 heavy (non-hydrogen) atoms. The van der Waals surface area contributed by atoms with Gasteiger partial charge in [-0.2, -0.15) is 0 Å². The molecule has 2 rings (SSSR count). The molecule has 0 saturated heterocycles. The number of aryl methyl sites for hydroxylation is 1. The molecule has 0 heterocycles. The zero-order valence-electron chi connectivity index (χ0n) is 12.0. The molecule has 1 saturated carbocycles. The molecule has 1 amide bonds. The zero-order chi connectivity index (χ0) is 14.4. The maximum atomic E-state index is 12.1. The van der Waals surface area contributed by atoms with Crippen LogP contribution in [0.2, 0.25) is 0 Å². The number of benzene rings is 1. The van der Waals surface area contributed by atoms with Gasteiger partial charge in [0.1, 0.15) is 0 Å². The van der Waals surface area contributed by atoms with Gasteiger partial charge in [0.05, 0.1) is 6.42 Å². The lowest BCUT2D eigenvalue weighted by atomic mass is 9.91. The third-order valence-corrected chi connectivity index (χ3v) is 4.92. The van der Waals surface area contributed by atoms with Crippen LogP contribution in [0, 0.1) is 0 Å². The maximum Gasteiger partial charge on any atom is 0.224 e. The Labute approximate surface area is 135 Å². The largest absolute Gasteiger partial charge is 0.353 e. The molecule has 1 aliphatic rings. The Morgan fingerprint density at radius 3 is 2.20 bits per heavy atom. The molecule has 0 spiro atoms. The SMILES string of the molecule is CCc1ccc(CC(=O)NC2CCC(NI)CC2)cc1. The van der Waals surface area contributed by atoms with E-state index < -0.39 is 0 Å². The van der Waals surface area contributed by atoms with Gasteiger partial charge in [-0.1, -0.05) is 31.2 Å². The van der Waals surface area contributed by atoms with E-state index in [2.05, 4.69) is 62.9 Å². The Morgan fingerprint density at radius 2 is 1.65 bits per heavy atom. The quantitative estimate of drug-likeness (QED) is 0.603. The molecule has 4 heteroatoms. The Morgan fingerprint density at radius 1 is 1.10 bits per heavy atom. The summed E-state index contributed by atoms with van der Waals surface area (Å²) >= 11 is 2.22. The second-order valence-electron chi connectivity index (χ2n) is 5.57. The summed E-state index contributed by atoms with van der Waals surface area (Å²) in [5, 5.41) is 3.17. The van der Waals surface area contributed by atoms with Gasteiger partial charge in [-0.05, 0) is 43.2 Å². The third-order valence-electron chi connectivity index (χ3n) is 4.04. The van der Waals surface area contributed by atoms with E-state index >= 15 is 0 Å². The molecule has 1 aromatic rings. The highest BCUT2D eigenvalue weighted by Crippen LogP contribution is 2.19. The Hall–Kier alpha value is -0.620. The smallest absolute Gasteiger partial charge is 0.224 e. The van der Waals surface area contributed by atoms with Crippen LogP contribution < -0.4 is 8.85 Å². The number of hydrogen-bond acceptors (Lipinski definition) is 2. The highest BCUT2D eigenvalue weighted by Gasteiger charge is 2.21. The van der Waals surface area contributed by atoms with Gasteiger partial charge in [-0.25, -0.2) is 0 Å². The van der Waals surface area contributed by atoms with Crippen molar-refractivity contribution in [2.45, 2.75) is 57.5 Å². The van der Waals surface area contributed by atoms with Crippen molar-refractivity contribution in [3.63, 3.8) is 0 Å². The van der Waals surface area contributed by atoms with E-state index in [0.29, 0.717) is 18.5 Å². The van der Waals surface area contributed by atoms with Crippen LogP contribution in [0.5, 0.6) is 0 Å². The van der Waals surface area contributed by atoms with Crippen LogP contribution in [-0.4, -0.2) is 18.0 Å². The fourth-order valence-electron chi connectivity index (χ4n) is 2.70. The fraction of sp³-hybridized carbons (Fsp3) is 0.562. The normalized spacial score (nSPS) is 22.5. The van der Waals surface area contributed by atoms with Gasteiger partial charge in [-0.3, -0.25) is 8.32 Å². The van der Waals surface area contributed by atoms with Gasteiger partial charge in [-0.15, -0.1) is 0 Å². The lowest BCUT2D eigenvalue weighted by molar-refractivity contribution is -0.121. The zero-order valence-corrected chi connectivity index (χ0v) is 14.2. The van der Waals surface area contributed by atoms with Crippen LogP contribution in [0.4, 0.5) is 0 Å². The second kappa shape index (κ2) is 7.98. The summed E-state index contributed by atoms with van der Waals surface area (Å²) in [5.41, 5.74) is 2.42. The molecule has 1 fully saturated rings. The minimum atomic E-state index is 0.153. The summed E-state index contributed by atoms with van der Waals surface area (Å²) in [6.45, 7) is 2.14. The predicted octanol–water partition coefficient (Wildman–Crippen LogP) is 3.16. The van der Waals surface area contributed by atoms with Crippen LogP contribution in [0.1, 0.15) is 43.7 Å². The summed E-state index contributed by atoms with van der Waals surface area (Å²) in [4.78, 5) is 12.1. The highest BCUT2D eigenvalue weighted by molar-refractivity contribution is 14.1. The van der Waals surface area contributed by atoms with Crippen LogP contribution in [0.3, 0.4) is 0 Å². The molecule has 3 nitrogen and oxygen atoms in total. The van der Waals surface area contributed by atoms with Crippen molar-refractivity contribution in [1.29, 1.82) is 0 Å². The summed E-state index contributed by atoms with van der Waals surface area (Å²) in [6, 6.07) is 9.33. The minimum Gasteiger partial charge on any atom is -0.353 e. The molecule has 1 aromatic carbocycles. The minimum absolute atomic E-state index is 0.153. The summed E-state index contributed by atoms with van der Waals surface area (Å²) < 4.78 is 3.29. The second-order valence-corrected chi connectivity index (χ2v) is 6.19. The van der Waals surface area contributed by atoms with Crippen molar-refractivity contribution in [2.24, 2.45) is 0 Å². The molecule has 0 radical (unpaired) electrons. The molecule has 2 N–H and O–H groups in total. The van der Waals surface area contributed by atoms with E-state index in [1.165, 1.54) is 5.56 Å². The van der Waals surface area contributed by atoms with E-state index in [1.807, 2.05) is 0 Å². The lowest BCUT2D eigenvalue weighted by Crippen LogP contribution is -2.41. The Balaban J connectivity index is 1.77. The van der Waals surface area contributed by atoms with Gasteiger partial charge >= 0.3 is 0 Å². The van der Waals surface area contributed by atoms with Gasteiger partial charge in [0.2, 0.25) is 5.91 Å². The molecule has 0 atom stereocenters. The summed E-state index contributed by atoms with van der Waals surface area (Å²) in [5.74, 6) is 0.153. The molecular formula is C16H23IN2O. The van der Waals surface area contributed by atoms with Crippen molar-refractivity contribution < 1.29 is 4.79 Å². The number of carbonyl (C=O) groups excluding carboxylic acids is 1. The molecule has 0 aliphatic heterocycles. The lowest BCUT2D eigenvalue weighted by Gasteiger charge is -2.28. The number of halogens is 1. The first-order chi connectivity index (χ1) is 9.71. The van der Waals surface area contributed by atoms with E-state index in [-0.39, 0.29) is 5.91 Å². The maximum absolute atomic E-state index is 12.1. The molecule has 110 valence electrons. The monoisotopic (exact) mass is 386 g/mol. The van der Waals surface area contributed by atoms with E-state index in [1.54, 1.807) is 0 Å². The molecular weight excluding hydrogens is 363 g/mol. The first kappa shape index (κ1) is 15.8. The molecule has 0 bridgehead atoms.